The van der Waals surface area contributed by atoms with Crippen LogP contribution in [0.3, 0.4) is 0 Å². The summed E-state index contributed by atoms with van der Waals surface area (Å²) in [4.78, 5) is 0.259. The average molecular weight is 271 g/mol. The topological polar surface area (TPSA) is 69.4 Å². The predicted octanol–water partition coefficient (Wildman–Crippen LogP) is 2.11. The van der Waals surface area contributed by atoms with Crippen molar-refractivity contribution in [2.24, 2.45) is 5.92 Å². The molecule has 0 bridgehead atoms. The van der Waals surface area contributed by atoms with Crippen molar-refractivity contribution in [3.63, 3.8) is 0 Å². The van der Waals surface area contributed by atoms with Gasteiger partial charge in [0.05, 0.1) is 17.3 Å². The molecule has 0 aromatic heterocycles. The van der Waals surface area contributed by atoms with Crippen LogP contribution in [0, 0.1) is 5.92 Å². The zero-order chi connectivity index (χ0) is 13.6. The van der Waals surface area contributed by atoms with Crippen LogP contribution in [0.5, 0.6) is 0 Å². The van der Waals surface area contributed by atoms with Crippen LogP contribution in [-0.4, -0.2) is 27.4 Å². The molecule has 102 valence electrons. The van der Waals surface area contributed by atoms with Crippen molar-refractivity contribution in [3.8, 4) is 0 Å². The highest BCUT2D eigenvalue weighted by atomic mass is 32.2. The highest BCUT2D eigenvalue weighted by Crippen LogP contribution is 2.14. The van der Waals surface area contributed by atoms with Gasteiger partial charge in [0.15, 0.2) is 9.84 Å². The minimum Gasteiger partial charge on any atom is -0.399 e. The number of ether oxygens (including phenoxy) is 1. The summed E-state index contributed by atoms with van der Waals surface area (Å²) in [6, 6.07) is 6.34. The molecule has 0 aliphatic carbocycles. The van der Waals surface area contributed by atoms with Gasteiger partial charge in [0.2, 0.25) is 0 Å². The highest BCUT2D eigenvalue weighted by molar-refractivity contribution is 7.91. The lowest BCUT2D eigenvalue weighted by atomic mass is 10.1. The van der Waals surface area contributed by atoms with E-state index >= 15 is 0 Å². The summed E-state index contributed by atoms with van der Waals surface area (Å²) < 4.78 is 29.2. The van der Waals surface area contributed by atoms with Crippen molar-refractivity contribution in [1.29, 1.82) is 0 Å². The zero-order valence-corrected chi connectivity index (χ0v) is 11.7. The summed E-state index contributed by atoms with van der Waals surface area (Å²) in [5.41, 5.74) is 6.02. The SMILES string of the molecule is CC(C)CCOCCS(=O)(=O)c1cccc(N)c1. The summed E-state index contributed by atoms with van der Waals surface area (Å²) in [6.07, 6.45) is 0.943. The number of anilines is 1. The van der Waals surface area contributed by atoms with Crippen LogP contribution in [0.1, 0.15) is 20.3 Å². The third-order valence-corrected chi connectivity index (χ3v) is 4.23. The van der Waals surface area contributed by atoms with Crippen LogP contribution in [0.2, 0.25) is 0 Å². The number of rotatable bonds is 7. The molecule has 0 amide bonds. The Labute approximate surface area is 109 Å². The molecule has 0 unspecified atom stereocenters. The third kappa shape index (κ3) is 5.06. The lowest BCUT2D eigenvalue weighted by molar-refractivity contribution is 0.137. The van der Waals surface area contributed by atoms with Crippen LogP contribution in [0.25, 0.3) is 0 Å². The lowest BCUT2D eigenvalue weighted by Gasteiger charge is -2.07. The van der Waals surface area contributed by atoms with Gasteiger partial charge in [-0.05, 0) is 30.5 Å². The average Bonchev–Trinajstić information content (AvgIpc) is 2.28. The number of hydrogen-bond donors (Lipinski definition) is 1. The van der Waals surface area contributed by atoms with Gasteiger partial charge in [0, 0.05) is 12.3 Å². The summed E-state index contributed by atoms with van der Waals surface area (Å²) >= 11 is 0. The molecule has 0 aliphatic heterocycles. The Bertz CT molecular complexity index is 469. The first-order valence-corrected chi connectivity index (χ1v) is 7.73. The van der Waals surface area contributed by atoms with Gasteiger partial charge in [-0.15, -0.1) is 0 Å². The van der Waals surface area contributed by atoms with Gasteiger partial charge in [-0.2, -0.15) is 0 Å². The molecule has 4 nitrogen and oxygen atoms in total. The molecule has 0 radical (unpaired) electrons. The Morgan fingerprint density at radius 3 is 2.61 bits per heavy atom. The number of nitrogens with two attached hydrogens (primary N) is 1. The van der Waals surface area contributed by atoms with Crippen molar-refractivity contribution >= 4 is 15.5 Å². The number of hydrogen-bond acceptors (Lipinski definition) is 4. The summed E-state index contributed by atoms with van der Waals surface area (Å²) in [7, 11) is -3.29. The van der Waals surface area contributed by atoms with E-state index in [2.05, 4.69) is 13.8 Å². The normalized spacial score (nSPS) is 11.9. The van der Waals surface area contributed by atoms with Crippen molar-refractivity contribution in [3.05, 3.63) is 24.3 Å². The largest absolute Gasteiger partial charge is 0.399 e. The second kappa shape index (κ2) is 6.75. The Kier molecular flexibility index (Phi) is 5.62. The molecule has 5 heteroatoms. The van der Waals surface area contributed by atoms with Crippen molar-refractivity contribution < 1.29 is 13.2 Å². The van der Waals surface area contributed by atoms with Crippen molar-refractivity contribution in [1.82, 2.24) is 0 Å². The van der Waals surface area contributed by atoms with E-state index < -0.39 is 9.84 Å². The predicted molar refractivity (Wildman–Crippen MR) is 73.2 cm³/mol. The molecule has 0 saturated carbocycles. The zero-order valence-electron chi connectivity index (χ0n) is 10.9. The molecule has 18 heavy (non-hydrogen) atoms. The van der Waals surface area contributed by atoms with E-state index in [1.165, 1.54) is 6.07 Å². The molecule has 1 rings (SSSR count). The second-order valence-corrected chi connectivity index (χ2v) is 6.80. The van der Waals surface area contributed by atoms with Gasteiger partial charge >= 0.3 is 0 Å². The Balaban J connectivity index is 2.46. The van der Waals surface area contributed by atoms with E-state index in [0.717, 1.165) is 6.42 Å². The van der Waals surface area contributed by atoms with Crippen molar-refractivity contribution in [2.45, 2.75) is 25.2 Å². The van der Waals surface area contributed by atoms with Crippen LogP contribution in [0.4, 0.5) is 5.69 Å². The van der Waals surface area contributed by atoms with Crippen molar-refractivity contribution in [2.75, 3.05) is 24.7 Å². The van der Waals surface area contributed by atoms with E-state index in [0.29, 0.717) is 18.2 Å². The van der Waals surface area contributed by atoms with Gasteiger partial charge in [0.1, 0.15) is 0 Å². The van der Waals surface area contributed by atoms with E-state index in [1.807, 2.05) is 0 Å². The molecule has 0 aliphatic rings. The maximum Gasteiger partial charge on any atom is 0.180 e. The fraction of sp³-hybridized carbons (Fsp3) is 0.538. The van der Waals surface area contributed by atoms with E-state index in [1.54, 1.807) is 18.2 Å². The third-order valence-electron chi connectivity index (χ3n) is 2.55. The number of benzene rings is 1. The Morgan fingerprint density at radius 2 is 2.00 bits per heavy atom. The fourth-order valence-corrected chi connectivity index (χ4v) is 2.59. The monoisotopic (exact) mass is 271 g/mol. The lowest BCUT2D eigenvalue weighted by Crippen LogP contribution is -2.13. The highest BCUT2D eigenvalue weighted by Gasteiger charge is 2.14. The standard InChI is InChI=1S/C13H21NO3S/c1-11(2)6-7-17-8-9-18(15,16)13-5-3-4-12(14)10-13/h3-5,10-11H,6-9,14H2,1-2H3. The van der Waals surface area contributed by atoms with E-state index in [4.69, 9.17) is 10.5 Å². The van der Waals surface area contributed by atoms with Gasteiger partial charge in [-0.1, -0.05) is 19.9 Å². The van der Waals surface area contributed by atoms with Gasteiger partial charge < -0.3 is 10.5 Å². The fourth-order valence-electron chi connectivity index (χ4n) is 1.42. The first-order valence-electron chi connectivity index (χ1n) is 6.08. The van der Waals surface area contributed by atoms with Gasteiger partial charge in [-0.25, -0.2) is 8.42 Å². The molecular formula is C13H21NO3S. The van der Waals surface area contributed by atoms with Crippen LogP contribution in [0.15, 0.2) is 29.2 Å². The van der Waals surface area contributed by atoms with Gasteiger partial charge in [0.25, 0.3) is 0 Å². The second-order valence-electron chi connectivity index (χ2n) is 4.69. The van der Waals surface area contributed by atoms with Crippen LogP contribution in [-0.2, 0) is 14.6 Å². The van der Waals surface area contributed by atoms with Crippen LogP contribution < -0.4 is 5.73 Å². The molecule has 0 saturated heterocycles. The van der Waals surface area contributed by atoms with E-state index in [9.17, 15) is 8.42 Å². The Morgan fingerprint density at radius 1 is 1.28 bits per heavy atom. The minimum atomic E-state index is -3.29. The number of sulfone groups is 1. The molecule has 0 heterocycles. The summed E-state index contributed by atoms with van der Waals surface area (Å²) in [5, 5.41) is 0. The van der Waals surface area contributed by atoms with Crippen LogP contribution >= 0.6 is 0 Å². The quantitative estimate of drug-likeness (QED) is 0.609. The molecule has 1 aromatic rings. The molecule has 2 N–H and O–H groups in total. The molecule has 0 atom stereocenters. The summed E-state index contributed by atoms with van der Waals surface area (Å²) in [5.74, 6) is 0.560. The van der Waals surface area contributed by atoms with E-state index in [-0.39, 0.29) is 17.3 Å². The Hall–Kier alpha value is -1.07. The molecule has 1 aromatic carbocycles. The molecule has 0 fully saturated rings. The van der Waals surface area contributed by atoms with Gasteiger partial charge in [-0.3, -0.25) is 0 Å². The minimum absolute atomic E-state index is 0.00541. The maximum absolute atomic E-state index is 11.9. The maximum atomic E-state index is 11.9. The first-order chi connectivity index (χ1) is 8.42. The molecule has 0 spiro atoms. The first kappa shape index (κ1) is 15.0. The smallest absolute Gasteiger partial charge is 0.180 e. The number of nitrogen functional groups attached to an aromatic ring is 1. The summed E-state index contributed by atoms with van der Waals surface area (Å²) in [6.45, 7) is 5.04. The molecular weight excluding hydrogens is 250 g/mol.